The molecule has 2 aromatic carbocycles. The van der Waals surface area contributed by atoms with Gasteiger partial charge in [-0.15, -0.1) is 0 Å². The Bertz CT molecular complexity index is 703. The zero-order chi connectivity index (χ0) is 15.4. The van der Waals surface area contributed by atoms with E-state index in [-0.39, 0.29) is 11.9 Å². The maximum Gasteiger partial charge on any atom is 0.254 e. The summed E-state index contributed by atoms with van der Waals surface area (Å²) in [4.78, 5) is 14.1. The molecule has 0 heterocycles. The van der Waals surface area contributed by atoms with Crippen LogP contribution in [0.25, 0.3) is 0 Å². The van der Waals surface area contributed by atoms with Gasteiger partial charge in [0.15, 0.2) is 0 Å². The first-order valence-corrected chi connectivity index (χ1v) is 6.65. The van der Waals surface area contributed by atoms with Gasteiger partial charge < -0.3 is 10.6 Å². The van der Waals surface area contributed by atoms with Crippen molar-refractivity contribution in [3.8, 4) is 6.07 Å². The van der Waals surface area contributed by atoms with Gasteiger partial charge in [-0.3, -0.25) is 4.79 Å². The lowest BCUT2D eigenvalue weighted by Crippen LogP contribution is -2.29. The van der Waals surface area contributed by atoms with E-state index in [0.717, 1.165) is 5.56 Å². The molecule has 2 rings (SSSR count). The molecule has 0 aliphatic rings. The highest BCUT2D eigenvalue weighted by atomic mass is 16.2. The first kappa shape index (κ1) is 14.6. The lowest BCUT2D eigenvalue weighted by molar-refractivity contribution is 0.0742. The molecule has 4 heteroatoms. The van der Waals surface area contributed by atoms with Crippen molar-refractivity contribution in [2.45, 2.75) is 13.0 Å². The molecule has 0 radical (unpaired) electrons. The van der Waals surface area contributed by atoms with E-state index >= 15 is 0 Å². The van der Waals surface area contributed by atoms with Gasteiger partial charge in [0.1, 0.15) is 0 Å². The van der Waals surface area contributed by atoms with Gasteiger partial charge in [-0.1, -0.05) is 18.2 Å². The molecule has 4 nitrogen and oxygen atoms in total. The molecule has 106 valence electrons. The molecule has 1 amide bonds. The van der Waals surface area contributed by atoms with Gasteiger partial charge >= 0.3 is 0 Å². The molecule has 2 N–H and O–H groups in total. The molecule has 0 aliphatic heterocycles. The fourth-order valence-electron chi connectivity index (χ4n) is 2.14. The molecule has 0 fully saturated rings. The third-order valence-electron chi connectivity index (χ3n) is 3.53. The van der Waals surface area contributed by atoms with Crippen LogP contribution in [0.15, 0.2) is 48.5 Å². The molecule has 0 saturated carbocycles. The van der Waals surface area contributed by atoms with E-state index in [9.17, 15) is 4.79 Å². The minimum atomic E-state index is -0.123. The summed E-state index contributed by atoms with van der Waals surface area (Å²) in [6, 6.07) is 16.1. The first-order chi connectivity index (χ1) is 10.0. The maximum atomic E-state index is 12.5. The average molecular weight is 279 g/mol. The predicted octanol–water partition coefficient (Wildman–Crippen LogP) is 2.97. The van der Waals surface area contributed by atoms with Crippen molar-refractivity contribution in [1.29, 1.82) is 5.26 Å². The summed E-state index contributed by atoms with van der Waals surface area (Å²) >= 11 is 0. The van der Waals surface area contributed by atoms with Gasteiger partial charge in [-0.25, -0.2) is 0 Å². The monoisotopic (exact) mass is 279 g/mol. The minimum Gasteiger partial charge on any atom is -0.399 e. The van der Waals surface area contributed by atoms with Crippen LogP contribution in [0.1, 0.15) is 34.5 Å². The van der Waals surface area contributed by atoms with Crippen LogP contribution in [0.5, 0.6) is 0 Å². The molecular formula is C17H17N3O. The van der Waals surface area contributed by atoms with Gasteiger partial charge in [0.25, 0.3) is 5.91 Å². The summed E-state index contributed by atoms with van der Waals surface area (Å²) in [5, 5.41) is 8.91. The van der Waals surface area contributed by atoms with Crippen LogP contribution in [0.2, 0.25) is 0 Å². The Labute approximate surface area is 124 Å². The summed E-state index contributed by atoms with van der Waals surface area (Å²) in [5.74, 6) is -0.123. The third-order valence-corrected chi connectivity index (χ3v) is 3.53. The van der Waals surface area contributed by atoms with Gasteiger partial charge in [-0.2, -0.15) is 5.26 Å². The van der Waals surface area contributed by atoms with E-state index in [0.29, 0.717) is 16.8 Å². The number of carbonyl (C=O) groups is 1. The molecule has 0 aromatic heterocycles. The van der Waals surface area contributed by atoms with Crippen molar-refractivity contribution < 1.29 is 4.79 Å². The second-order valence-corrected chi connectivity index (χ2v) is 4.95. The largest absolute Gasteiger partial charge is 0.399 e. The van der Waals surface area contributed by atoms with Gasteiger partial charge in [0, 0.05) is 18.3 Å². The normalized spacial score (nSPS) is 11.5. The molecule has 1 unspecified atom stereocenters. The molecule has 0 saturated heterocycles. The summed E-state index contributed by atoms with van der Waals surface area (Å²) in [6.07, 6.45) is 0. The number of hydrogen-bond donors (Lipinski definition) is 1. The van der Waals surface area contributed by atoms with Crippen LogP contribution in [0, 0.1) is 11.3 Å². The van der Waals surface area contributed by atoms with Crippen LogP contribution in [-0.2, 0) is 0 Å². The van der Waals surface area contributed by atoms with Gasteiger partial charge in [-0.05, 0) is 42.8 Å². The number of rotatable bonds is 3. The number of nitrogens with two attached hydrogens (primary N) is 1. The third kappa shape index (κ3) is 3.21. The molecule has 1 atom stereocenters. The number of carbonyl (C=O) groups excluding carboxylic acids is 1. The number of nitrogen functional groups attached to an aromatic ring is 1. The van der Waals surface area contributed by atoms with Gasteiger partial charge in [0.05, 0.1) is 17.7 Å². The topological polar surface area (TPSA) is 70.1 Å². The zero-order valence-corrected chi connectivity index (χ0v) is 12.1. The highest BCUT2D eigenvalue weighted by molar-refractivity contribution is 5.94. The second kappa shape index (κ2) is 6.10. The maximum absolute atomic E-state index is 12.5. The molecule has 0 aliphatic carbocycles. The van der Waals surface area contributed by atoms with E-state index in [2.05, 4.69) is 0 Å². The quantitative estimate of drug-likeness (QED) is 0.878. The minimum absolute atomic E-state index is 0.105. The Kier molecular flexibility index (Phi) is 4.24. The highest BCUT2D eigenvalue weighted by Crippen LogP contribution is 2.22. The number of hydrogen-bond acceptors (Lipinski definition) is 3. The van der Waals surface area contributed by atoms with Crippen molar-refractivity contribution in [3.05, 3.63) is 65.2 Å². The summed E-state index contributed by atoms with van der Waals surface area (Å²) < 4.78 is 0. The number of benzene rings is 2. The number of nitriles is 1. The smallest absolute Gasteiger partial charge is 0.254 e. The fraction of sp³-hybridized carbons (Fsp3) is 0.176. The average Bonchev–Trinajstić information content (AvgIpc) is 2.52. The molecule has 2 aromatic rings. The van der Waals surface area contributed by atoms with Crippen molar-refractivity contribution in [2.24, 2.45) is 0 Å². The molecular weight excluding hydrogens is 262 g/mol. The fourth-order valence-corrected chi connectivity index (χ4v) is 2.14. The molecule has 0 bridgehead atoms. The van der Waals surface area contributed by atoms with E-state index in [1.165, 1.54) is 0 Å². The van der Waals surface area contributed by atoms with Crippen LogP contribution in [-0.4, -0.2) is 17.9 Å². The van der Waals surface area contributed by atoms with Crippen molar-refractivity contribution in [3.63, 3.8) is 0 Å². The Morgan fingerprint density at radius 1 is 1.24 bits per heavy atom. The van der Waals surface area contributed by atoms with Crippen molar-refractivity contribution in [1.82, 2.24) is 4.90 Å². The Morgan fingerprint density at radius 2 is 1.95 bits per heavy atom. The van der Waals surface area contributed by atoms with Crippen LogP contribution >= 0.6 is 0 Å². The van der Waals surface area contributed by atoms with Crippen molar-refractivity contribution in [2.75, 3.05) is 12.8 Å². The van der Waals surface area contributed by atoms with E-state index in [1.807, 2.05) is 37.3 Å². The lowest BCUT2D eigenvalue weighted by Gasteiger charge is -2.25. The van der Waals surface area contributed by atoms with Crippen LogP contribution in [0.3, 0.4) is 0 Å². The standard InChI is InChI=1S/C17H17N3O/c1-12(14-6-4-8-16(19)10-14)20(2)17(21)15-7-3-5-13(9-15)11-18/h3-10,12H,19H2,1-2H3. The van der Waals surface area contributed by atoms with Gasteiger partial charge in [0.2, 0.25) is 0 Å². The predicted molar refractivity (Wildman–Crippen MR) is 82.5 cm³/mol. The van der Waals surface area contributed by atoms with Crippen LogP contribution < -0.4 is 5.73 Å². The zero-order valence-electron chi connectivity index (χ0n) is 12.1. The summed E-state index contributed by atoms with van der Waals surface area (Å²) in [7, 11) is 1.75. The van der Waals surface area contributed by atoms with Crippen LogP contribution in [0.4, 0.5) is 5.69 Å². The lowest BCUT2D eigenvalue weighted by atomic mass is 10.0. The molecule has 21 heavy (non-hydrogen) atoms. The van der Waals surface area contributed by atoms with E-state index in [1.54, 1.807) is 36.2 Å². The second-order valence-electron chi connectivity index (χ2n) is 4.95. The van der Waals surface area contributed by atoms with E-state index < -0.39 is 0 Å². The number of nitrogens with zero attached hydrogens (tertiary/aromatic N) is 2. The highest BCUT2D eigenvalue weighted by Gasteiger charge is 2.19. The number of amides is 1. The van der Waals surface area contributed by atoms with Crippen molar-refractivity contribution >= 4 is 11.6 Å². The summed E-state index contributed by atoms with van der Waals surface area (Å²) in [6.45, 7) is 1.95. The summed E-state index contributed by atoms with van der Waals surface area (Å²) in [5.41, 5.74) is 8.41. The SMILES string of the molecule is CC(c1cccc(N)c1)N(C)C(=O)c1cccc(C#N)c1. The van der Waals surface area contributed by atoms with E-state index in [4.69, 9.17) is 11.0 Å². The Morgan fingerprint density at radius 3 is 2.62 bits per heavy atom. The molecule has 0 spiro atoms. The Hall–Kier alpha value is -2.80. The first-order valence-electron chi connectivity index (χ1n) is 6.65. The number of anilines is 1. The Balaban J connectivity index is 2.24.